The summed E-state index contributed by atoms with van der Waals surface area (Å²) in [5.41, 5.74) is 2.35. The normalized spacial score (nSPS) is 9.75. The van der Waals surface area contributed by atoms with E-state index in [9.17, 15) is 4.79 Å². The molecule has 0 spiro atoms. The van der Waals surface area contributed by atoms with Gasteiger partial charge in [-0.05, 0) is 57.1 Å². The molecule has 0 bridgehead atoms. The Hall–Kier alpha value is -1.26. The number of carbonyl (C=O) groups is 1. The van der Waals surface area contributed by atoms with E-state index in [0.29, 0.717) is 19.6 Å². The molecule has 0 fully saturated rings. The third kappa shape index (κ3) is 8.02. The summed E-state index contributed by atoms with van der Waals surface area (Å²) in [6.07, 6.45) is 1.34. The third-order valence-corrected chi connectivity index (χ3v) is 2.72. The standard InChI is InChI=1S/C15H24N2O2.ClH/c1-12-9-13(2)11-14(10-12)19-8-5-15(18)17-7-4-6-16-3;/h9-11,16H,4-8H2,1-3H3,(H,17,18);1H. The summed E-state index contributed by atoms with van der Waals surface area (Å²) in [6.45, 7) is 6.12. The molecule has 0 radical (unpaired) electrons. The highest BCUT2D eigenvalue weighted by Crippen LogP contribution is 2.16. The van der Waals surface area contributed by atoms with E-state index >= 15 is 0 Å². The second-order valence-corrected chi connectivity index (χ2v) is 4.73. The van der Waals surface area contributed by atoms with Gasteiger partial charge >= 0.3 is 0 Å². The highest BCUT2D eigenvalue weighted by molar-refractivity contribution is 5.85. The van der Waals surface area contributed by atoms with E-state index in [2.05, 4.69) is 16.7 Å². The van der Waals surface area contributed by atoms with Crippen molar-refractivity contribution in [2.45, 2.75) is 26.7 Å². The van der Waals surface area contributed by atoms with E-state index in [0.717, 1.165) is 18.7 Å². The molecule has 0 atom stereocenters. The summed E-state index contributed by atoms with van der Waals surface area (Å²) in [4.78, 5) is 11.5. The monoisotopic (exact) mass is 300 g/mol. The third-order valence-electron chi connectivity index (χ3n) is 2.72. The summed E-state index contributed by atoms with van der Waals surface area (Å²) in [5, 5.41) is 5.91. The van der Waals surface area contributed by atoms with Crippen LogP contribution in [0.2, 0.25) is 0 Å². The van der Waals surface area contributed by atoms with Crippen molar-refractivity contribution in [2.75, 3.05) is 26.7 Å². The summed E-state index contributed by atoms with van der Waals surface area (Å²) in [7, 11) is 1.90. The van der Waals surface area contributed by atoms with E-state index in [-0.39, 0.29) is 18.3 Å². The van der Waals surface area contributed by atoms with Crippen LogP contribution in [0.15, 0.2) is 18.2 Å². The number of aryl methyl sites for hydroxylation is 2. The van der Waals surface area contributed by atoms with Crippen LogP contribution < -0.4 is 15.4 Å². The van der Waals surface area contributed by atoms with Crippen LogP contribution in [0, 0.1) is 13.8 Å². The Balaban J connectivity index is 0.00000361. The van der Waals surface area contributed by atoms with E-state index in [1.165, 1.54) is 11.1 Å². The first-order chi connectivity index (χ1) is 9.11. The van der Waals surface area contributed by atoms with Gasteiger partial charge in [0.25, 0.3) is 0 Å². The first-order valence-electron chi connectivity index (χ1n) is 6.74. The minimum Gasteiger partial charge on any atom is -0.493 e. The molecular weight excluding hydrogens is 276 g/mol. The molecule has 114 valence electrons. The lowest BCUT2D eigenvalue weighted by Gasteiger charge is -2.08. The Morgan fingerprint density at radius 2 is 1.80 bits per heavy atom. The van der Waals surface area contributed by atoms with Gasteiger partial charge in [-0.25, -0.2) is 0 Å². The zero-order valence-electron chi connectivity index (χ0n) is 12.5. The Kier molecular flexibility index (Phi) is 9.86. The van der Waals surface area contributed by atoms with Crippen molar-refractivity contribution >= 4 is 18.3 Å². The van der Waals surface area contributed by atoms with Crippen LogP contribution in [0.4, 0.5) is 0 Å². The molecule has 1 aromatic rings. The quantitative estimate of drug-likeness (QED) is 0.724. The molecule has 0 unspecified atom stereocenters. The number of ether oxygens (including phenoxy) is 1. The highest BCUT2D eigenvalue weighted by atomic mass is 35.5. The molecule has 0 heterocycles. The van der Waals surface area contributed by atoms with Gasteiger partial charge in [0.1, 0.15) is 5.75 Å². The van der Waals surface area contributed by atoms with E-state index in [4.69, 9.17) is 4.74 Å². The van der Waals surface area contributed by atoms with Crippen LogP contribution in [-0.4, -0.2) is 32.7 Å². The fraction of sp³-hybridized carbons (Fsp3) is 0.533. The molecule has 0 saturated carbocycles. The van der Waals surface area contributed by atoms with Crippen molar-refractivity contribution in [1.29, 1.82) is 0 Å². The molecule has 0 aliphatic heterocycles. The van der Waals surface area contributed by atoms with Crippen molar-refractivity contribution in [3.8, 4) is 5.75 Å². The Morgan fingerprint density at radius 3 is 2.40 bits per heavy atom. The van der Waals surface area contributed by atoms with Gasteiger partial charge in [0, 0.05) is 6.54 Å². The van der Waals surface area contributed by atoms with Gasteiger partial charge in [-0.1, -0.05) is 6.07 Å². The fourth-order valence-corrected chi connectivity index (χ4v) is 1.86. The van der Waals surface area contributed by atoms with E-state index in [1.54, 1.807) is 0 Å². The van der Waals surface area contributed by atoms with Gasteiger partial charge in [0.2, 0.25) is 5.91 Å². The van der Waals surface area contributed by atoms with Gasteiger partial charge < -0.3 is 15.4 Å². The van der Waals surface area contributed by atoms with Crippen LogP contribution >= 0.6 is 12.4 Å². The Labute approximate surface area is 127 Å². The maximum Gasteiger partial charge on any atom is 0.223 e. The molecule has 0 aliphatic rings. The number of halogens is 1. The number of hydrogen-bond acceptors (Lipinski definition) is 3. The molecule has 0 aromatic heterocycles. The molecule has 1 aromatic carbocycles. The van der Waals surface area contributed by atoms with Crippen molar-refractivity contribution in [1.82, 2.24) is 10.6 Å². The zero-order valence-corrected chi connectivity index (χ0v) is 13.3. The van der Waals surface area contributed by atoms with Crippen LogP contribution in [-0.2, 0) is 4.79 Å². The van der Waals surface area contributed by atoms with Gasteiger partial charge in [-0.2, -0.15) is 0 Å². The molecule has 20 heavy (non-hydrogen) atoms. The topological polar surface area (TPSA) is 50.4 Å². The largest absolute Gasteiger partial charge is 0.493 e. The molecule has 4 nitrogen and oxygen atoms in total. The predicted octanol–water partition coefficient (Wildman–Crippen LogP) is 2.22. The average molecular weight is 301 g/mol. The van der Waals surface area contributed by atoms with Gasteiger partial charge in [-0.3, -0.25) is 4.79 Å². The first-order valence-corrected chi connectivity index (χ1v) is 6.74. The Morgan fingerprint density at radius 1 is 1.15 bits per heavy atom. The van der Waals surface area contributed by atoms with Crippen LogP contribution in [0.25, 0.3) is 0 Å². The Bertz CT molecular complexity index is 391. The molecular formula is C15H25ClN2O2. The number of amides is 1. The predicted molar refractivity (Wildman–Crippen MR) is 84.8 cm³/mol. The van der Waals surface area contributed by atoms with Crippen molar-refractivity contribution in [3.05, 3.63) is 29.3 Å². The molecule has 0 aliphatic carbocycles. The molecule has 1 amide bonds. The highest BCUT2D eigenvalue weighted by Gasteiger charge is 2.02. The van der Waals surface area contributed by atoms with Crippen LogP contribution in [0.1, 0.15) is 24.0 Å². The number of carbonyl (C=O) groups excluding carboxylic acids is 1. The average Bonchev–Trinajstić information content (AvgIpc) is 2.33. The SMILES string of the molecule is CNCCCNC(=O)CCOc1cc(C)cc(C)c1.Cl. The molecule has 0 saturated heterocycles. The van der Waals surface area contributed by atoms with Crippen LogP contribution in [0.5, 0.6) is 5.75 Å². The summed E-state index contributed by atoms with van der Waals surface area (Å²) in [6, 6.07) is 6.07. The smallest absolute Gasteiger partial charge is 0.223 e. The van der Waals surface area contributed by atoms with Crippen molar-refractivity contribution in [3.63, 3.8) is 0 Å². The number of benzene rings is 1. The molecule has 2 N–H and O–H groups in total. The van der Waals surface area contributed by atoms with Gasteiger partial charge in [-0.15, -0.1) is 12.4 Å². The van der Waals surface area contributed by atoms with E-state index < -0.39 is 0 Å². The number of hydrogen-bond donors (Lipinski definition) is 2. The zero-order chi connectivity index (χ0) is 14.1. The van der Waals surface area contributed by atoms with Crippen molar-refractivity contribution < 1.29 is 9.53 Å². The minimum absolute atomic E-state index is 0. The lowest BCUT2D eigenvalue weighted by molar-refractivity contribution is -0.121. The van der Waals surface area contributed by atoms with Gasteiger partial charge in [0.15, 0.2) is 0 Å². The van der Waals surface area contributed by atoms with Crippen molar-refractivity contribution in [2.24, 2.45) is 0 Å². The lowest BCUT2D eigenvalue weighted by Crippen LogP contribution is -2.27. The van der Waals surface area contributed by atoms with Gasteiger partial charge in [0.05, 0.1) is 13.0 Å². The number of nitrogens with one attached hydrogen (secondary N) is 2. The maximum atomic E-state index is 11.5. The first kappa shape index (κ1) is 18.7. The molecule has 5 heteroatoms. The fourth-order valence-electron chi connectivity index (χ4n) is 1.86. The molecule has 1 rings (SSSR count). The maximum absolute atomic E-state index is 11.5. The summed E-state index contributed by atoms with van der Waals surface area (Å²) < 4.78 is 5.59. The minimum atomic E-state index is 0. The van der Waals surface area contributed by atoms with E-state index in [1.807, 2.05) is 33.0 Å². The second kappa shape index (κ2) is 10.5. The summed E-state index contributed by atoms with van der Waals surface area (Å²) in [5.74, 6) is 0.876. The van der Waals surface area contributed by atoms with Crippen LogP contribution in [0.3, 0.4) is 0 Å². The summed E-state index contributed by atoms with van der Waals surface area (Å²) >= 11 is 0. The number of rotatable bonds is 8. The second-order valence-electron chi connectivity index (χ2n) is 4.73. The lowest BCUT2D eigenvalue weighted by atomic mass is 10.1.